The van der Waals surface area contributed by atoms with Gasteiger partial charge in [-0.2, -0.15) is 18.2 Å². The van der Waals surface area contributed by atoms with E-state index >= 15 is 0 Å². The van der Waals surface area contributed by atoms with Gasteiger partial charge in [0.15, 0.2) is 5.82 Å². The highest BCUT2D eigenvalue weighted by Gasteiger charge is 2.47. The second-order valence-electron chi connectivity index (χ2n) is 9.69. The third-order valence-electron chi connectivity index (χ3n) is 6.30. The maximum Gasteiger partial charge on any atom is 0.401 e. The van der Waals surface area contributed by atoms with E-state index in [1.54, 1.807) is 30.0 Å². The molecule has 8 nitrogen and oxygen atoms in total. The van der Waals surface area contributed by atoms with Gasteiger partial charge in [0.25, 0.3) is 11.8 Å². The first-order valence-electron chi connectivity index (χ1n) is 11.8. The molecule has 0 aliphatic carbocycles. The van der Waals surface area contributed by atoms with Crippen molar-refractivity contribution in [3.05, 3.63) is 41.0 Å². The Morgan fingerprint density at radius 2 is 1.97 bits per heavy atom. The van der Waals surface area contributed by atoms with Crippen LogP contribution in [0.3, 0.4) is 0 Å². The third-order valence-corrected chi connectivity index (χ3v) is 6.30. The summed E-state index contributed by atoms with van der Waals surface area (Å²) in [6.45, 7) is 7.25. The molecule has 4 rings (SSSR count). The van der Waals surface area contributed by atoms with Gasteiger partial charge >= 0.3 is 6.18 Å². The van der Waals surface area contributed by atoms with Crippen molar-refractivity contribution >= 4 is 5.91 Å². The number of hydrogen-bond donors (Lipinski definition) is 0. The SMILES string of the molecule is Cc1noc(C2CN(CC(F)(F)F)CC3(CCN(C(=O)c4ccc(OC(C)C)c(C)c4)CC3)O2)n1. The van der Waals surface area contributed by atoms with Crippen molar-refractivity contribution in [3.63, 3.8) is 0 Å². The standard InChI is InChI=1S/C24H31F3N4O4/c1-15(2)33-19-6-5-18(11-16(19)3)22(32)31-9-7-23(8-10-31)13-30(14-24(25,26)27)12-20(34-23)21-28-17(4)29-35-21/h5-6,11,15,20H,7-10,12-14H2,1-4H3. The predicted octanol–water partition coefficient (Wildman–Crippen LogP) is 4.08. The number of carbonyl (C=O) groups is 1. The van der Waals surface area contributed by atoms with Gasteiger partial charge in [0, 0.05) is 31.7 Å². The number of morpholine rings is 1. The molecule has 1 atom stereocenters. The minimum Gasteiger partial charge on any atom is -0.491 e. The Morgan fingerprint density at radius 1 is 1.26 bits per heavy atom. The van der Waals surface area contributed by atoms with Gasteiger partial charge in [0.2, 0.25) is 0 Å². The van der Waals surface area contributed by atoms with Crippen LogP contribution in [0.5, 0.6) is 5.75 Å². The summed E-state index contributed by atoms with van der Waals surface area (Å²) in [6.07, 6.45) is -4.26. The Labute approximate surface area is 202 Å². The summed E-state index contributed by atoms with van der Waals surface area (Å²) in [7, 11) is 0. The molecular weight excluding hydrogens is 465 g/mol. The zero-order chi connectivity index (χ0) is 25.4. The number of piperidine rings is 1. The number of nitrogens with zero attached hydrogens (tertiary/aromatic N) is 4. The summed E-state index contributed by atoms with van der Waals surface area (Å²) < 4.78 is 56.9. The molecule has 1 aromatic carbocycles. The van der Waals surface area contributed by atoms with E-state index in [4.69, 9.17) is 14.0 Å². The zero-order valence-corrected chi connectivity index (χ0v) is 20.4. The summed E-state index contributed by atoms with van der Waals surface area (Å²) in [5, 5.41) is 3.75. The summed E-state index contributed by atoms with van der Waals surface area (Å²) >= 11 is 0. The minimum atomic E-state index is -4.34. The van der Waals surface area contributed by atoms with Crippen LogP contribution in [0.2, 0.25) is 0 Å². The first-order chi connectivity index (χ1) is 16.4. The Morgan fingerprint density at radius 3 is 2.54 bits per heavy atom. The molecule has 0 bridgehead atoms. The maximum atomic E-state index is 13.2. The number of likely N-dealkylation sites (tertiary alicyclic amines) is 1. The van der Waals surface area contributed by atoms with Crippen LogP contribution in [-0.2, 0) is 4.74 Å². The quantitative estimate of drug-likeness (QED) is 0.617. The van der Waals surface area contributed by atoms with Gasteiger partial charge in [0.05, 0.1) is 18.2 Å². The molecule has 0 N–H and O–H groups in total. The summed E-state index contributed by atoms with van der Waals surface area (Å²) in [5.74, 6) is 1.18. The number of rotatable bonds is 5. The highest BCUT2D eigenvalue weighted by molar-refractivity contribution is 5.94. The van der Waals surface area contributed by atoms with Crippen molar-refractivity contribution in [3.8, 4) is 5.75 Å². The zero-order valence-electron chi connectivity index (χ0n) is 20.4. The molecule has 0 saturated carbocycles. The molecular formula is C24H31F3N4O4. The molecule has 1 amide bonds. The highest BCUT2D eigenvalue weighted by atomic mass is 19.4. The molecule has 2 aromatic rings. The Hall–Kier alpha value is -2.66. The predicted molar refractivity (Wildman–Crippen MR) is 120 cm³/mol. The normalized spacial score (nSPS) is 21.0. The fourth-order valence-electron chi connectivity index (χ4n) is 4.77. The van der Waals surface area contributed by atoms with Crippen molar-refractivity contribution in [2.75, 3.05) is 32.7 Å². The van der Waals surface area contributed by atoms with Crippen molar-refractivity contribution in [1.82, 2.24) is 19.9 Å². The number of hydrogen-bond acceptors (Lipinski definition) is 7. The first-order valence-corrected chi connectivity index (χ1v) is 11.8. The molecule has 1 aromatic heterocycles. The van der Waals surface area contributed by atoms with Crippen LogP contribution >= 0.6 is 0 Å². The number of benzene rings is 1. The molecule has 35 heavy (non-hydrogen) atoms. The van der Waals surface area contributed by atoms with Crippen LogP contribution in [0.4, 0.5) is 13.2 Å². The lowest BCUT2D eigenvalue weighted by atomic mass is 9.88. The number of aryl methyl sites for hydroxylation is 2. The van der Waals surface area contributed by atoms with Crippen molar-refractivity contribution in [2.24, 2.45) is 0 Å². The average molecular weight is 497 g/mol. The Balaban J connectivity index is 1.46. The van der Waals surface area contributed by atoms with Crippen LogP contribution < -0.4 is 4.74 Å². The second-order valence-corrected chi connectivity index (χ2v) is 9.69. The van der Waals surface area contributed by atoms with Gasteiger partial charge < -0.3 is 18.9 Å². The van der Waals surface area contributed by atoms with E-state index in [2.05, 4.69) is 10.1 Å². The highest BCUT2D eigenvalue weighted by Crippen LogP contribution is 2.38. The van der Waals surface area contributed by atoms with E-state index in [0.717, 1.165) is 11.3 Å². The van der Waals surface area contributed by atoms with Crippen molar-refractivity contribution < 1.29 is 32.0 Å². The van der Waals surface area contributed by atoms with E-state index in [-0.39, 0.29) is 31.0 Å². The van der Waals surface area contributed by atoms with Crippen molar-refractivity contribution in [2.45, 2.75) is 64.5 Å². The topological polar surface area (TPSA) is 80.9 Å². The summed E-state index contributed by atoms with van der Waals surface area (Å²) in [6, 6.07) is 5.35. The molecule has 2 aliphatic heterocycles. The van der Waals surface area contributed by atoms with Gasteiger partial charge in [0.1, 0.15) is 11.9 Å². The Bertz CT molecular complexity index is 1050. The van der Waals surface area contributed by atoms with E-state index in [9.17, 15) is 18.0 Å². The van der Waals surface area contributed by atoms with E-state index in [0.29, 0.717) is 37.3 Å². The lowest BCUT2D eigenvalue weighted by Gasteiger charge is -2.49. The fraction of sp³-hybridized carbons (Fsp3) is 0.625. The first kappa shape index (κ1) is 25.4. The largest absolute Gasteiger partial charge is 0.491 e. The molecule has 192 valence electrons. The number of carbonyl (C=O) groups excluding carboxylic acids is 1. The summed E-state index contributed by atoms with van der Waals surface area (Å²) in [4.78, 5) is 20.4. The van der Waals surface area contributed by atoms with Gasteiger partial charge in [-0.3, -0.25) is 9.69 Å². The number of aromatic nitrogens is 2. The van der Waals surface area contributed by atoms with Gasteiger partial charge in [-0.05, 0) is 64.3 Å². The smallest absolute Gasteiger partial charge is 0.401 e. The summed E-state index contributed by atoms with van der Waals surface area (Å²) in [5.41, 5.74) is 0.587. The van der Waals surface area contributed by atoms with Crippen LogP contribution in [0.1, 0.15) is 60.4 Å². The van der Waals surface area contributed by atoms with Crippen LogP contribution in [0.15, 0.2) is 22.7 Å². The maximum absolute atomic E-state index is 13.2. The van der Waals surface area contributed by atoms with Crippen LogP contribution in [0, 0.1) is 13.8 Å². The number of amides is 1. The third kappa shape index (κ3) is 6.13. The molecule has 2 saturated heterocycles. The number of alkyl halides is 3. The molecule has 1 unspecified atom stereocenters. The van der Waals surface area contributed by atoms with Crippen LogP contribution in [-0.4, -0.2) is 76.5 Å². The molecule has 0 radical (unpaired) electrons. The molecule has 2 aliphatic rings. The monoisotopic (exact) mass is 496 g/mol. The lowest BCUT2D eigenvalue weighted by Crippen LogP contribution is -2.59. The average Bonchev–Trinajstić information content (AvgIpc) is 3.20. The van der Waals surface area contributed by atoms with E-state index in [1.165, 1.54) is 4.90 Å². The van der Waals surface area contributed by atoms with Gasteiger partial charge in [-0.25, -0.2) is 0 Å². The van der Waals surface area contributed by atoms with E-state index < -0.39 is 24.4 Å². The van der Waals surface area contributed by atoms with Crippen molar-refractivity contribution in [1.29, 1.82) is 0 Å². The van der Waals surface area contributed by atoms with Gasteiger partial charge in [-0.1, -0.05) is 5.16 Å². The Kier molecular flexibility index (Phi) is 7.10. The molecule has 11 heteroatoms. The molecule has 2 fully saturated rings. The minimum absolute atomic E-state index is 0.00954. The second kappa shape index (κ2) is 9.77. The van der Waals surface area contributed by atoms with E-state index in [1.807, 2.05) is 20.8 Å². The number of ether oxygens (including phenoxy) is 2. The number of halogens is 3. The van der Waals surface area contributed by atoms with Crippen LogP contribution in [0.25, 0.3) is 0 Å². The van der Waals surface area contributed by atoms with Gasteiger partial charge in [-0.15, -0.1) is 0 Å². The lowest BCUT2D eigenvalue weighted by molar-refractivity contribution is -0.210. The molecule has 1 spiro atoms. The molecule has 3 heterocycles. The fourth-order valence-corrected chi connectivity index (χ4v) is 4.77.